The van der Waals surface area contributed by atoms with E-state index in [1.54, 1.807) is 0 Å². The average Bonchev–Trinajstić information content (AvgIpc) is 2.25. The predicted octanol–water partition coefficient (Wildman–Crippen LogP) is 1.30. The van der Waals surface area contributed by atoms with Crippen LogP contribution in [0.2, 0.25) is 0 Å². The van der Waals surface area contributed by atoms with Crippen molar-refractivity contribution in [3.8, 4) is 0 Å². The molecule has 0 saturated carbocycles. The van der Waals surface area contributed by atoms with Gasteiger partial charge in [-0.2, -0.15) is 5.90 Å². The highest BCUT2D eigenvalue weighted by atomic mass is 16.7. The van der Waals surface area contributed by atoms with Crippen LogP contribution in [0.4, 0.5) is 4.79 Å². The molecule has 0 radical (unpaired) electrons. The van der Waals surface area contributed by atoms with E-state index in [1.165, 1.54) is 0 Å². The molecule has 1 aromatic rings. The molecular formula is C10H12N2O2. The van der Waals surface area contributed by atoms with Crippen LogP contribution in [-0.2, 0) is 4.84 Å². The molecule has 0 aliphatic rings. The van der Waals surface area contributed by atoms with Crippen molar-refractivity contribution in [1.82, 2.24) is 5.32 Å². The molecule has 0 bridgehead atoms. The van der Waals surface area contributed by atoms with Crippen LogP contribution in [0.3, 0.4) is 0 Å². The zero-order valence-corrected chi connectivity index (χ0v) is 7.64. The van der Waals surface area contributed by atoms with Gasteiger partial charge in [0, 0.05) is 6.54 Å². The van der Waals surface area contributed by atoms with Crippen LogP contribution in [0, 0.1) is 0 Å². The number of hydrogen-bond donors (Lipinski definition) is 2. The Hall–Kier alpha value is -1.81. The van der Waals surface area contributed by atoms with E-state index in [-0.39, 0.29) is 0 Å². The van der Waals surface area contributed by atoms with Crippen molar-refractivity contribution in [3.63, 3.8) is 0 Å². The zero-order chi connectivity index (χ0) is 10.2. The topological polar surface area (TPSA) is 64.3 Å². The highest BCUT2D eigenvalue weighted by Gasteiger charge is 1.93. The van der Waals surface area contributed by atoms with E-state index in [0.717, 1.165) is 5.56 Å². The molecule has 3 N–H and O–H groups in total. The van der Waals surface area contributed by atoms with Gasteiger partial charge in [-0.1, -0.05) is 42.5 Å². The standard InChI is InChI=1S/C10H12N2O2/c11-14-10(13)12-8-4-7-9-5-2-1-3-6-9/h1-7H,8,11H2,(H,12,13)/b7-4+. The van der Waals surface area contributed by atoms with Gasteiger partial charge in [0.15, 0.2) is 0 Å². The lowest BCUT2D eigenvalue weighted by Crippen LogP contribution is -2.26. The molecule has 4 heteroatoms. The number of amides is 1. The summed E-state index contributed by atoms with van der Waals surface area (Å²) >= 11 is 0. The van der Waals surface area contributed by atoms with Crippen molar-refractivity contribution in [2.45, 2.75) is 0 Å². The third kappa shape index (κ3) is 3.73. The van der Waals surface area contributed by atoms with Gasteiger partial charge in [0.25, 0.3) is 0 Å². The van der Waals surface area contributed by atoms with Crippen molar-refractivity contribution >= 4 is 12.2 Å². The molecular weight excluding hydrogens is 180 g/mol. The van der Waals surface area contributed by atoms with E-state index in [1.807, 2.05) is 42.5 Å². The molecule has 0 aliphatic carbocycles. The van der Waals surface area contributed by atoms with Crippen molar-refractivity contribution in [2.24, 2.45) is 5.90 Å². The average molecular weight is 192 g/mol. The molecule has 0 aromatic heterocycles. The predicted molar refractivity (Wildman–Crippen MR) is 54.1 cm³/mol. The molecule has 0 atom stereocenters. The minimum Gasteiger partial charge on any atom is -0.357 e. The monoisotopic (exact) mass is 192 g/mol. The van der Waals surface area contributed by atoms with Gasteiger partial charge in [0.1, 0.15) is 0 Å². The van der Waals surface area contributed by atoms with Gasteiger partial charge in [-0.15, -0.1) is 0 Å². The van der Waals surface area contributed by atoms with Crippen molar-refractivity contribution in [2.75, 3.05) is 6.54 Å². The Bertz CT molecular complexity index is 309. The van der Waals surface area contributed by atoms with Gasteiger partial charge in [0.2, 0.25) is 0 Å². The summed E-state index contributed by atoms with van der Waals surface area (Å²) in [5.74, 6) is 4.63. The van der Waals surface area contributed by atoms with Crippen molar-refractivity contribution in [3.05, 3.63) is 42.0 Å². The lowest BCUT2D eigenvalue weighted by Gasteiger charge is -1.97. The summed E-state index contributed by atoms with van der Waals surface area (Å²) in [6.07, 6.45) is 3.07. The molecule has 0 fully saturated rings. The maximum Gasteiger partial charge on any atom is 0.426 e. The first kappa shape index (κ1) is 10.3. The zero-order valence-electron chi connectivity index (χ0n) is 7.64. The number of nitrogens with one attached hydrogen (secondary N) is 1. The number of rotatable bonds is 3. The molecule has 0 aliphatic heterocycles. The molecule has 1 rings (SSSR count). The van der Waals surface area contributed by atoms with Crippen LogP contribution < -0.4 is 11.2 Å². The number of benzene rings is 1. The first-order valence-electron chi connectivity index (χ1n) is 4.19. The molecule has 0 heterocycles. The Labute approximate surface area is 82.3 Å². The highest BCUT2D eigenvalue weighted by molar-refractivity contribution is 5.67. The third-order valence-corrected chi connectivity index (χ3v) is 1.58. The fraction of sp³-hybridized carbons (Fsp3) is 0.100. The number of hydrogen-bond acceptors (Lipinski definition) is 3. The van der Waals surface area contributed by atoms with Gasteiger partial charge >= 0.3 is 6.09 Å². The molecule has 14 heavy (non-hydrogen) atoms. The summed E-state index contributed by atoms with van der Waals surface area (Å²) in [6, 6.07) is 9.78. The fourth-order valence-corrected chi connectivity index (χ4v) is 0.943. The highest BCUT2D eigenvalue weighted by Crippen LogP contribution is 1.99. The largest absolute Gasteiger partial charge is 0.426 e. The third-order valence-electron chi connectivity index (χ3n) is 1.58. The summed E-state index contributed by atoms with van der Waals surface area (Å²) in [5.41, 5.74) is 1.08. The quantitative estimate of drug-likeness (QED) is 0.709. The lowest BCUT2D eigenvalue weighted by atomic mass is 10.2. The van der Waals surface area contributed by atoms with E-state index in [2.05, 4.69) is 16.1 Å². The Balaban J connectivity index is 2.31. The van der Waals surface area contributed by atoms with Crippen LogP contribution in [-0.4, -0.2) is 12.6 Å². The molecule has 0 unspecified atom stereocenters. The van der Waals surface area contributed by atoms with Crippen LogP contribution in [0.15, 0.2) is 36.4 Å². The van der Waals surface area contributed by atoms with Crippen molar-refractivity contribution < 1.29 is 9.63 Å². The maximum atomic E-state index is 10.5. The van der Waals surface area contributed by atoms with E-state index in [9.17, 15) is 4.79 Å². The van der Waals surface area contributed by atoms with E-state index >= 15 is 0 Å². The summed E-state index contributed by atoms with van der Waals surface area (Å²) in [4.78, 5) is 14.4. The Morgan fingerprint density at radius 2 is 2.14 bits per heavy atom. The number of nitrogens with two attached hydrogens (primary N) is 1. The summed E-state index contributed by atoms with van der Waals surface area (Å²) in [5, 5.41) is 2.43. The molecule has 1 amide bonds. The van der Waals surface area contributed by atoms with Gasteiger partial charge < -0.3 is 10.2 Å². The SMILES string of the molecule is NOC(=O)NC/C=C/c1ccccc1. The van der Waals surface area contributed by atoms with Gasteiger partial charge in [-0.3, -0.25) is 0 Å². The smallest absolute Gasteiger partial charge is 0.357 e. The maximum absolute atomic E-state index is 10.5. The van der Waals surface area contributed by atoms with Gasteiger partial charge in [-0.05, 0) is 5.56 Å². The minimum absolute atomic E-state index is 0.394. The lowest BCUT2D eigenvalue weighted by molar-refractivity contribution is 0.149. The second kappa shape index (κ2) is 5.77. The molecule has 74 valence electrons. The Morgan fingerprint density at radius 3 is 2.79 bits per heavy atom. The van der Waals surface area contributed by atoms with Crippen LogP contribution in [0.5, 0.6) is 0 Å². The first-order chi connectivity index (χ1) is 6.83. The summed E-state index contributed by atoms with van der Waals surface area (Å²) < 4.78 is 0. The number of carbonyl (C=O) groups is 1. The van der Waals surface area contributed by atoms with Gasteiger partial charge in [0.05, 0.1) is 0 Å². The summed E-state index contributed by atoms with van der Waals surface area (Å²) in [6.45, 7) is 0.394. The fourth-order valence-electron chi connectivity index (χ4n) is 0.943. The van der Waals surface area contributed by atoms with E-state index in [4.69, 9.17) is 0 Å². The van der Waals surface area contributed by atoms with Crippen LogP contribution in [0.25, 0.3) is 6.08 Å². The molecule has 0 spiro atoms. The summed E-state index contributed by atoms with van der Waals surface area (Å²) in [7, 11) is 0. The van der Waals surface area contributed by atoms with E-state index in [0.29, 0.717) is 6.54 Å². The molecule has 0 saturated heterocycles. The second-order valence-electron chi connectivity index (χ2n) is 2.60. The van der Waals surface area contributed by atoms with Crippen LogP contribution in [0.1, 0.15) is 5.56 Å². The Morgan fingerprint density at radius 1 is 1.43 bits per heavy atom. The van der Waals surface area contributed by atoms with Crippen LogP contribution >= 0.6 is 0 Å². The first-order valence-corrected chi connectivity index (χ1v) is 4.19. The Kier molecular flexibility index (Phi) is 4.23. The van der Waals surface area contributed by atoms with Crippen molar-refractivity contribution in [1.29, 1.82) is 0 Å². The molecule has 1 aromatic carbocycles. The number of carbonyl (C=O) groups excluding carboxylic acids is 1. The van der Waals surface area contributed by atoms with E-state index < -0.39 is 6.09 Å². The second-order valence-corrected chi connectivity index (χ2v) is 2.60. The van der Waals surface area contributed by atoms with Gasteiger partial charge in [-0.25, -0.2) is 4.79 Å². The minimum atomic E-state index is -0.636. The molecule has 4 nitrogen and oxygen atoms in total. The normalized spacial score (nSPS) is 10.1.